The second-order valence-corrected chi connectivity index (χ2v) is 8.75. The third-order valence-corrected chi connectivity index (χ3v) is 5.82. The second-order valence-electron chi connectivity index (χ2n) is 8.75. The first-order valence-corrected chi connectivity index (χ1v) is 12.1. The van der Waals surface area contributed by atoms with Crippen molar-refractivity contribution in [3.63, 3.8) is 0 Å². The van der Waals surface area contributed by atoms with Gasteiger partial charge in [0.25, 0.3) is 0 Å². The largest absolute Gasteiger partial charge is 0.492 e. The van der Waals surface area contributed by atoms with Gasteiger partial charge in [-0.15, -0.1) is 0 Å². The lowest BCUT2D eigenvalue weighted by Crippen LogP contribution is -2.33. The third-order valence-electron chi connectivity index (χ3n) is 5.82. The van der Waals surface area contributed by atoms with Gasteiger partial charge in [-0.25, -0.2) is 9.59 Å². The number of likely N-dealkylation sites (tertiary alicyclic amines) is 1. The Morgan fingerprint density at radius 1 is 0.861 bits per heavy atom. The highest BCUT2D eigenvalue weighted by Gasteiger charge is 2.13. The van der Waals surface area contributed by atoms with E-state index >= 15 is 0 Å². The van der Waals surface area contributed by atoms with Gasteiger partial charge in [0, 0.05) is 24.3 Å². The summed E-state index contributed by atoms with van der Waals surface area (Å²) in [7, 11) is 0. The maximum atomic E-state index is 12.6. The number of ether oxygens (including phenoxy) is 1. The van der Waals surface area contributed by atoms with Crippen molar-refractivity contribution < 1.29 is 29.3 Å². The molecule has 1 aliphatic heterocycles. The van der Waals surface area contributed by atoms with Crippen molar-refractivity contribution in [2.45, 2.75) is 40.0 Å². The lowest BCUT2D eigenvalue weighted by atomic mass is 10.0. The molecule has 36 heavy (non-hydrogen) atoms. The number of aliphatic carboxylic acids is 2. The highest BCUT2D eigenvalue weighted by atomic mass is 16.5. The predicted octanol–water partition coefficient (Wildman–Crippen LogP) is 5.08. The fourth-order valence-corrected chi connectivity index (χ4v) is 3.96. The summed E-state index contributed by atoms with van der Waals surface area (Å²) in [6.07, 6.45) is 8.61. The topological polar surface area (TPSA) is 104 Å². The minimum Gasteiger partial charge on any atom is -0.492 e. The Morgan fingerprint density at radius 3 is 2.00 bits per heavy atom. The van der Waals surface area contributed by atoms with Crippen LogP contribution in [0.25, 0.3) is 6.08 Å². The number of piperidine rings is 1. The van der Waals surface area contributed by atoms with Crippen LogP contribution in [0.15, 0.2) is 54.6 Å². The molecule has 0 unspecified atom stereocenters. The van der Waals surface area contributed by atoms with Crippen LogP contribution in [0, 0.1) is 20.8 Å². The van der Waals surface area contributed by atoms with E-state index in [0.29, 0.717) is 24.3 Å². The van der Waals surface area contributed by atoms with Crippen molar-refractivity contribution in [3.05, 3.63) is 82.4 Å². The van der Waals surface area contributed by atoms with Gasteiger partial charge in [0.15, 0.2) is 5.78 Å². The third kappa shape index (κ3) is 9.88. The van der Waals surface area contributed by atoms with Crippen molar-refractivity contribution in [1.29, 1.82) is 0 Å². The van der Waals surface area contributed by atoms with Crippen LogP contribution in [0.4, 0.5) is 0 Å². The van der Waals surface area contributed by atoms with Crippen molar-refractivity contribution >= 4 is 23.8 Å². The molecule has 0 atom stereocenters. The van der Waals surface area contributed by atoms with Crippen molar-refractivity contribution in [1.82, 2.24) is 4.90 Å². The molecule has 1 heterocycles. The smallest absolute Gasteiger partial charge is 0.328 e. The number of aryl methyl sites for hydroxylation is 3. The first kappa shape index (κ1) is 28.5. The molecule has 2 N–H and O–H groups in total. The molecule has 7 heteroatoms. The van der Waals surface area contributed by atoms with E-state index in [2.05, 4.69) is 17.9 Å². The molecule has 0 saturated carbocycles. The van der Waals surface area contributed by atoms with Gasteiger partial charge in [-0.2, -0.15) is 0 Å². The van der Waals surface area contributed by atoms with Crippen molar-refractivity contribution in [2.75, 3.05) is 26.2 Å². The minimum absolute atomic E-state index is 0.0225. The molecule has 3 rings (SSSR count). The number of carbonyl (C=O) groups excluding carboxylic acids is 1. The average Bonchev–Trinajstić information content (AvgIpc) is 2.84. The van der Waals surface area contributed by atoms with Gasteiger partial charge < -0.3 is 14.9 Å². The fourth-order valence-electron chi connectivity index (χ4n) is 3.96. The Bertz CT molecular complexity index is 1070. The number of rotatable bonds is 9. The van der Waals surface area contributed by atoms with E-state index in [0.717, 1.165) is 34.5 Å². The number of ketones is 1. The van der Waals surface area contributed by atoms with Gasteiger partial charge in [-0.3, -0.25) is 9.69 Å². The van der Waals surface area contributed by atoms with Crippen LogP contribution in [0.3, 0.4) is 0 Å². The average molecular weight is 494 g/mol. The van der Waals surface area contributed by atoms with Gasteiger partial charge in [-0.1, -0.05) is 36.8 Å². The van der Waals surface area contributed by atoms with Crippen molar-refractivity contribution in [3.8, 4) is 5.75 Å². The van der Waals surface area contributed by atoms with Gasteiger partial charge in [0.2, 0.25) is 0 Å². The number of carboxylic acid groups (broad SMARTS) is 2. The SMILES string of the molecule is Cc1ccccc1C=CC(=O)c1cc(C)c(OCCN2CCCCC2)c(C)c1.O=C(O)/C=C/C(=O)O. The Labute approximate surface area is 212 Å². The quantitative estimate of drug-likeness (QED) is 0.371. The number of hydrogen-bond donors (Lipinski definition) is 2. The summed E-state index contributed by atoms with van der Waals surface area (Å²) in [5.41, 5.74) is 4.99. The monoisotopic (exact) mass is 493 g/mol. The van der Waals surface area contributed by atoms with Crippen LogP contribution in [0.5, 0.6) is 5.75 Å². The van der Waals surface area contributed by atoms with Crippen LogP contribution in [0.1, 0.15) is 51.9 Å². The van der Waals surface area contributed by atoms with Crippen LogP contribution in [-0.2, 0) is 9.59 Å². The maximum Gasteiger partial charge on any atom is 0.328 e. The Hall–Kier alpha value is -3.71. The molecule has 192 valence electrons. The van der Waals surface area contributed by atoms with Crippen LogP contribution < -0.4 is 4.74 Å². The van der Waals surface area contributed by atoms with Crippen LogP contribution in [-0.4, -0.2) is 59.1 Å². The molecule has 0 aliphatic carbocycles. The zero-order valence-electron chi connectivity index (χ0n) is 21.2. The summed E-state index contributed by atoms with van der Waals surface area (Å²) < 4.78 is 6.08. The van der Waals surface area contributed by atoms with Crippen LogP contribution >= 0.6 is 0 Å². The molecule has 1 saturated heterocycles. The summed E-state index contributed by atoms with van der Waals surface area (Å²) in [4.78, 5) is 34.2. The maximum absolute atomic E-state index is 12.6. The Morgan fingerprint density at radius 2 is 1.44 bits per heavy atom. The van der Waals surface area contributed by atoms with Crippen molar-refractivity contribution in [2.24, 2.45) is 0 Å². The van der Waals surface area contributed by atoms with E-state index in [9.17, 15) is 14.4 Å². The molecule has 0 radical (unpaired) electrons. The summed E-state index contributed by atoms with van der Waals surface area (Å²) in [6, 6.07) is 11.9. The Kier molecular flexibility index (Phi) is 11.6. The normalized spacial score (nSPS) is 13.9. The number of benzene rings is 2. The lowest BCUT2D eigenvalue weighted by Gasteiger charge is -2.26. The molecule has 2 aromatic carbocycles. The summed E-state index contributed by atoms with van der Waals surface area (Å²) in [5.74, 6) is -1.58. The number of nitrogens with zero attached hydrogens (tertiary/aromatic N) is 1. The molecule has 0 amide bonds. The summed E-state index contributed by atoms with van der Waals surface area (Å²) in [6.45, 7) is 10.1. The predicted molar refractivity (Wildman–Crippen MR) is 141 cm³/mol. The highest BCUT2D eigenvalue weighted by molar-refractivity contribution is 6.07. The molecular formula is C29H35NO6. The number of carboxylic acids is 2. The summed E-state index contributed by atoms with van der Waals surface area (Å²) in [5, 5.41) is 15.6. The first-order valence-electron chi connectivity index (χ1n) is 12.1. The zero-order chi connectivity index (χ0) is 26.5. The van der Waals surface area contributed by atoms with Gasteiger partial charge in [0.05, 0.1) is 0 Å². The first-order chi connectivity index (χ1) is 17.2. The van der Waals surface area contributed by atoms with Crippen LogP contribution in [0.2, 0.25) is 0 Å². The summed E-state index contributed by atoms with van der Waals surface area (Å²) >= 11 is 0. The lowest BCUT2D eigenvalue weighted by molar-refractivity contribution is -0.134. The second kappa shape index (κ2) is 14.6. The minimum atomic E-state index is -1.26. The number of allylic oxidation sites excluding steroid dienone is 1. The Balaban J connectivity index is 0.000000493. The molecule has 2 aromatic rings. The number of hydrogen-bond acceptors (Lipinski definition) is 5. The molecular weight excluding hydrogens is 458 g/mol. The molecule has 0 bridgehead atoms. The van der Waals surface area contributed by atoms with E-state index in [1.54, 1.807) is 6.08 Å². The standard InChI is InChI=1S/C25H31NO2.C4H4O4/c1-19-9-5-6-10-22(19)11-12-24(27)23-17-20(2)25(21(3)18-23)28-16-15-26-13-7-4-8-14-26;5-3(6)1-2-4(7)8/h5-6,9-12,17-18H,4,7-8,13-16H2,1-3H3;1-2H,(H,5,6)(H,7,8)/b;2-1+. The highest BCUT2D eigenvalue weighted by Crippen LogP contribution is 2.25. The van der Waals surface area contributed by atoms with E-state index in [-0.39, 0.29) is 5.78 Å². The van der Waals surface area contributed by atoms with Gasteiger partial charge in [-0.05, 0) is 87.2 Å². The van der Waals surface area contributed by atoms with Gasteiger partial charge >= 0.3 is 11.9 Å². The molecule has 7 nitrogen and oxygen atoms in total. The van der Waals surface area contributed by atoms with Gasteiger partial charge in [0.1, 0.15) is 12.4 Å². The fraction of sp³-hybridized carbons (Fsp3) is 0.345. The molecule has 0 spiro atoms. The molecule has 1 aliphatic rings. The zero-order valence-corrected chi connectivity index (χ0v) is 21.2. The number of carbonyl (C=O) groups is 3. The van der Waals surface area contributed by atoms with E-state index < -0.39 is 11.9 Å². The van der Waals surface area contributed by atoms with E-state index in [1.165, 1.54) is 32.4 Å². The van der Waals surface area contributed by atoms with E-state index in [4.69, 9.17) is 14.9 Å². The molecule has 0 aromatic heterocycles. The molecule has 1 fully saturated rings. The van der Waals surface area contributed by atoms with E-state index in [1.807, 2.05) is 50.3 Å².